The minimum absolute atomic E-state index is 0.0640. The Morgan fingerprint density at radius 1 is 0.881 bits per heavy atom. The van der Waals surface area contributed by atoms with Crippen LogP contribution >= 0.6 is 0 Å². The summed E-state index contributed by atoms with van der Waals surface area (Å²) < 4.78 is 52.2. The molecule has 0 saturated heterocycles. The molecule has 2 heterocycles. The van der Waals surface area contributed by atoms with Crippen LogP contribution in [-0.4, -0.2) is 32.5 Å². The van der Waals surface area contributed by atoms with Gasteiger partial charge in [-0.1, -0.05) is 17.7 Å². The SMILES string of the molecule is Cc1ccc(S(=O)(=O)n2ccc3c(-c4cc(S(=N)(=O)C5CC5)ccc4NC4CCC5(CC4)CC5)cn(C)c(=O)c32)cc1. The van der Waals surface area contributed by atoms with E-state index in [4.69, 9.17) is 4.78 Å². The Balaban J connectivity index is 1.39. The normalized spacial score (nSPS) is 20.0. The minimum Gasteiger partial charge on any atom is -0.382 e. The fraction of sp³-hybridized carbons (Fsp3) is 0.406. The van der Waals surface area contributed by atoms with Gasteiger partial charge < -0.3 is 9.88 Å². The van der Waals surface area contributed by atoms with Crippen LogP contribution in [0.5, 0.6) is 0 Å². The number of nitrogens with zero attached hydrogens (tertiary/aromatic N) is 2. The highest BCUT2D eigenvalue weighted by Gasteiger charge is 2.44. The largest absolute Gasteiger partial charge is 0.382 e. The highest BCUT2D eigenvalue weighted by atomic mass is 32.2. The van der Waals surface area contributed by atoms with E-state index in [-0.39, 0.29) is 15.7 Å². The summed E-state index contributed by atoms with van der Waals surface area (Å²) in [7, 11) is -5.40. The molecule has 8 nitrogen and oxygen atoms in total. The number of nitrogens with one attached hydrogen (secondary N) is 2. The van der Waals surface area contributed by atoms with Gasteiger partial charge in [0, 0.05) is 57.8 Å². The van der Waals surface area contributed by atoms with E-state index in [1.165, 1.54) is 36.4 Å². The Hall–Kier alpha value is -3.37. The van der Waals surface area contributed by atoms with Crippen molar-refractivity contribution in [2.45, 2.75) is 79.4 Å². The van der Waals surface area contributed by atoms with Crippen molar-refractivity contribution >= 4 is 36.3 Å². The summed E-state index contributed by atoms with van der Waals surface area (Å²) in [6, 6.07) is 14.1. The fourth-order valence-corrected chi connectivity index (χ4v) is 9.59. The second kappa shape index (κ2) is 9.57. The Bertz CT molecular complexity index is 1990. The van der Waals surface area contributed by atoms with E-state index in [2.05, 4.69) is 5.32 Å². The molecule has 0 bridgehead atoms. The lowest BCUT2D eigenvalue weighted by Gasteiger charge is -2.30. The highest BCUT2D eigenvalue weighted by molar-refractivity contribution is 7.93. The summed E-state index contributed by atoms with van der Waals surface area (Å²) in [5.74, 6) is 0. The van der Waals surface area contributed by atoms with Gasteiger partial charge in [0.05, 0.1) is 14.6 Å². The molecule has 3 saturated carbocycles. The Kier molecular flexibility index (Phi) is 6.26. The molecule has 1 spiro atoms. The molecule has 4 aromatic rings. The third-order valence-corrected chi connectivity index (χ3v) is 13.6. The van der Waals surface area contributed by atoms with Crippen LogP contribution in [0.3, 0.4) is 0 Å². The predicted octanol–water partition coefficient (Wildman–Crippen LogP) is 6.26. The number of hydrogen-bond donors (Lipinski definition) is 2. The molecule has 2 aromatic heterocycles. The number of aromatic nitrogens is 2. The van der Waals surface area contributed by atoms with Crippen LogP contribution in [0.2, 0.25) is 0 Å². The quantitative estimate of drug-likeness (QED) is 0.259. The molecule has 3 fully saturated rings. The number of hydrogen-bond acceptors (Lipinski definition) is 6. The first-order valence-electron chi connectivity index (χ1n) is 14.7. The van der Waals surface area contributed by atoms with E-state index in [0.29, 0.717) is 27.3 Å². The molecule has 3 aliphatic rings. The number of aryl methyl sites for hydroxylation is 2. The molecule has 2 N–H and O–H groups in total. The molecule has 2 aromatic carbocycles. The zero-order chi connectivity index (χ0) is 29.4. The van der Waals surface area contributed by atoms with Crippen LogP contribution in [0.25, 0.3) is 22.0 Å². The van der Waals surface area contributed by atoms with Gasteiger partial charge in [-0.25, -0.2) is 21.4 Å². The van der Waals surface area contributed by atoms with Gasteiger partial charge >= 0.3 is 0 Å². The van der Waals surface area contributed by atoms with Gasteiger partial charge in [-0.2, -0.15) is 0 Å². The van der Waals surface area contributed by atoms with E-state index in [0.717, 1.165) is 46.5 Å². The van der Waals surface area contributed by atoms with E-state index < -0.39 is 25.3 Å². The van der Waals surface area contributed by atoms with Crippen LogP contribution in [0, 0.1) is 17.1 Å². The third kappa shape index (κ3) is 4.59. The van der Waals surface area contributed by atoms with Gasteiger partial charge in [0.2, 0.25) is 0 Å². The number of benzene rings is 2. The van der Waals surface area contributed by atoms with Crippen molar-refractivity contribution in [3.05, 3.63) is 76.8 Å². The summed E-state index contributed by atoms with van der Waals surface area (Å²) in [6.45, 7) is 1.89. The number of fused-ring (bicyclic) bond motifs is 1. The molecule has 0 aliphatic heterocycles. The van der Waals surface area contributed by atoms with Crippen LogP contribution in [0.1, 0.15) is 56.9 Å². The maximum absolute atomic E-state index is 13.7. The van der Waals surface area contributed by atoms with Crippen molar-refractivity contribution in [1.82, 2.24) is 8.54 Å². The van der Waals surface area contributed by atoms with Crippen molar-refractivity contribution in [1.29, 1.82) is 4.78 Å². The molecule has 1 unspecified atom stereocenters. The molecule has 220 valence electrons. The standard InChI is InChI=1S/C32H36N4O4S2/c1-21-3-5-24(6-4-21)42(39,40)36-18-13-26-28(20-35(2)31(37)30(26)36)27-19-25(41(33,38)23-7-8-23)9-10-29(27)34-22-11-14-32(15-12-22)16-17-32/h3-6,9-10,13,18-20,22-23,33-34H,7-8,11-12,14-17H2,1-2H3. The smallest absolute Gasteiger partial charge is 0.275 e. The average molecular weight is 605 g/mol. The predicted molar refractivity (Wildman–Crippen MR) is 166 cm³/mol. The zero-order valence-corrected chi connectivity index (χ0v) is 25.6. The topological polar surface area (TPSA) is 114 Å². The van der Waals surface area contributed by atoms with Crippen molar-refractivity contribution in [3.63, 3.8) is 0 Å². The summed E-state index contributed by atoms with van der Waals surface area (Å²) in [5, 5.41) is 4.09. The molecular weight excluding hydrogens is 569 g/mol. The Labute approximate surface area is 246 Å². The second-order valence-electron chi connectivity index (χ2n) is 12.6. The summed E-state index contributed by atoms with van der Waals surface area (Å²) in [4.78, 5) is 14.1. The molecular formula is C32H36N4O4S2. The van der Waals surface area contributed by atoms with Crippen molar-refractivity contribution < 1.29 is 12.6 Å². The van der Waals surface area contributed by atoms with Gasteiger partial charge in [0.1, 0.15) is 5.52 Å². The highest BCUT2D eigenvalue weighted by Crippen LogP contribution is 2.56. The van der Waals surface area contributed by atoms with Crippen molar-refractivity contribution in [2.24, 2.45) is 12.5 Å². The first-order chi connectivity index (χ1) is 20.0. The first-order valence-corrected chi connectivity index (χ1v) is 17.8. The monoisotopic (exact) mass is 604 g/mol. The van der Waals surface area contributed by atoms with Crippen LogP contribution in [0.4, 0.5) is 5.69 Å². The van der Waals surface area contributed by atoms with Crippen LogP contribution in [0.15, 0.2) is 75.5 Å². The van der Waals surface area contributed by atoms with Gasteiger partial charge in [-0.05, 0) is 100 Å². The lowest BCUT2D eigenvalue weighted by atomic mass is 9.83. The van der Waals surface area contributed by atoms with E-state index in [1.54, 1.807) is 49.6 Å². The summed E-state index contributed by atoms with van der Waals surface area (Å²) >= 11 is 0. The fourth-order valence-electron chi connectivity index (χ4n) is 6.49. The maximum atomic E-state index is 13.7. The molecule has 0 radical (unpaired) electrons. The van der Waals surface area contributed by atoms with Gasteiger partial charge in [-0.15, -0.1) is 0 Å². The first kappa shape index (κ1) is 27.5. The summed E-state index contributed by atoms with van der Waals surface area (Å²) in [6.07, 6.45) is 12.0. The lowest BCUT2D eigenvalue weighted by Crippen LogP contribution is -2.27. The van der Waals surface area contributed by atoms with E-state index in [9.17, 15) is 17.4 Å². The van der Waals surface area contributed by atoms with E-state index >= 15 is 0 Å². The number of rotatable bonds is 7. The number of anilines is 1. The number of pyridine rings is 1. The van der Waals surface area contributed by atoms with Crippen molar-refractivity contribution in [3.8, 4) is 11.1 Å². The van der Waals surface area contributed by atoms with Gasteiger partial charge in [-0.3, -0.25) is 4.79 Å². The van der Waals surface area contributed by atoms with Crippen molar-refractivity contribution in [2.75, 3.05) is 5.32 Å². The van der Waals surface area contributed by atoms with Crippen LogP contribution in [-0.2, 0) is 26.8 Å². The third-order valence-electron chi connectivity index (χ3n) is 9.55. The molecule has 10 heteroatoms. The molecule has 0 amide bonds. The second-order valence-corrected chi connectivity index (χ2v) is 16.7. The van der Waals surface area contributed by atoms with Gasteiger partial charge in [0.25, 0.3) is 15.6 Å². The Morgan fingerprint density at radius 3 is 2.19 bits per heavy atom. The van der Waals surface area contributed by atoms with E-state index in [1.807, 2.05) is 19.1 Å². The molecule has 7 rings (SSSR count). The molecule has 1 atom stereocenters. The molecule has 3 aliphatic carbocycles. The zero-order valence-electron chi connectivity index (χ0n) is 23.9. The van der Waals surface area contributed by atoms with Crippen LogP contribution < -0.4 is 10.9 Å². The minimum atomic E-state index is -4.04. The lowest BCUT2D eigenvalue weighted by molar-refractivity contribution is 0.317. The average Bonchev–Trinajstić information content (AvgIpc) is 3.91. The summed E-state index contributed by atoms with van der Waals surface area (Å²) in [5.41, 5.74) is 3.36. The maximum Gasteiger partial charge on any atom is 0.275 e. The molecule has 42 heavy (non-hydrogen) atoms. The Morgan fingerprint density at radius 2 is 1.55 bits per heavy atom. The van der Waals surface area contributed by atoms with Gasteiger partial charge in [0.15, 0.2) is 0 Å².